The summed E-state index contributed by atoms with van der Waals surface area (Å²) in [7, 11) is 0. The number of para-hydroxylation sites is 1. The van der Waals surface area contributed by atoms with Crippen LogP contribution in [0.3, 0.4) is 0 Å². The third-order valence-corrected chi connectivity index (χ3v) is 6.87. The highest BCUT2D eigenvalue weighted by molar-refractivity contribution is 5.62. The van der Waals surface area contributed by atoms with E-state index in [1.54, 1.807) is 0 Å². The highest BCUT2D eigenvalue weighted by Gasteiger charge is 2.33. The molecule has 0 amide bonds. The lowest BCUT2D eigenvalue weighted by Crippen LogP contribution is -2.34. The van der Waals surface area contributed by atoms with Gasteiger partial charge < -0.3 is 9.80 Å². The van der Waals surface area contributed by atoms with Gasteiger partial charge in [-0.3, -0.25) is 0 Å². The molecule has 174 valence electrons. The molecule has 1 aromatic carbocycles. The van der Waals surface area contributed by atoms with E-state index in [0.717, 1.165) is 19.8 Å². The fourth-order valence-corrected chi connectivity index (χ4v) is 5.47. The summed E-state index contributed by atoms with van der Waals surface area (Å²) in [4.78, 5) is 5.31. The fourth-order valence-electron chi connectivity index (χ4n) is 5.47. The molecule has 1 aliphatic heterocycles. The molecule has 2 rings (SSSR count). The van der Waals surface area contributed by atoms with Crippen LogP contribution in [0, 0.1) is 23.7 Å². The summed E-state index contributed by atoms with van der Waals surface area (Å²) in [6, 6.07) is 6.91. The maximum atomic E-state index is 4.23. The zero-order chi connectivity index (χ0) is 23.5. The van der Waals surface area contributed by atoms with Crippen LogP contribution in [0.5, 0.6) is 0 Å². The second-order valence-corrected chi connectivity index (χ2v) is 11.0. The monoisotopic (exact) mass is 424 g/mol. The molecule has 31 heavy (non-hydrogen) atoms. The number of anilines is 1. The Balaban J connectivity index is 2.55. The van der Waals surface area contributed by atoms with E-state index in [4.69, 9.17) is 0 Å². The first-order valence-electron chi connectivity index (χ1n) is 12.5. The third-order valence-electron chi connectivity index (χ3n) is 6.87. The molecular weight excluding hydrogens is 376 g/mol. The minimum Gasteiger partial charge on any atom is -0.355 e. The predicted octanol–water partition coefficient (Wildman–Crippen LogP) is 8.04. The summed E-state index contributed by atoms with van der Waals surface area (Å²) in [5.41, 5.74) is 7.40. The average molecular weight is 425 g/mol. The van der Waals surface area contributed by atoms with Crippen molar-refractivity contribution in [1.29, 1.82) is 0 Å². The Morgan fingerprint density at radius 2 is 1.35 bits per heavy atom. The standard InChI is InChI=1S/C29H48N2/c1-12-24(19(2)3)29(27(22(8)9)23(10)11)31-17-16-30(18-31)28-25(20(4)5)14-13-15-26(28)21(6)7/h12-15,19-23,27H,1,16-18H2,2-11H3. The quantitative estimate of drug-likeness (QED) is 0.370. The van der Waals surface area contributed by atoms with Gasteiger partial charge in [0.2, 0.25) is 0 Å². The zero-order valence-electron chi connectivity index (χ0n) is 22.0. The number of rotatable bonds is 9. The van der Waals surface area contributed by atoms with Crippen LogP contribution in [-0.4, -0.2) is 24.7 Å². The van der Waals surface area contributed by atoms with E-state index in [0.29, 0.717) is 35.5 Å². The zero-order valence-corrected chi connectivity index (χ0v) is 22.0. The van der Waals surface area contributed by atoms with Crippen LogP contribution in [0.2, 0.25) is 0 Å². The minimum atomic E-state index is 0.482. The first-order valence-corrected chi connectivity index (χ1v) is 12.5. The van der Waals surface area contributed by atoms with Gasteiger partial charge in [-0.25, -0.2) is 0 Å². The van der Waals surface area contributed by atoms with E-state index in [1.165, 1.54) is 28.1 Å². The van der Waals surface area contributed by atoms with E-state index in [-0.39, 0.29) is 0 Å². The van der Waals surface area contributed by atoms with Crippen molar-refractivity contribution < 1.29 is 0 Å². The lowest BCUT2D eigenvalue weighted by atomic mass is 9.79. The molecule has 1 heterocycles. The number of allylic oxidation sites excluding steroid dienone is 3. The van der Waals surface area contributed by atoms with Gasteiger partial charge in [0, 0.05) is 30.4 Å². The smallest absolute Gasteiger partial charge is 0.0902 e. The van der Waals surface area contributed by atoms with Gasteiger partial charge >= 0.3 is 0 Å². The summed E-state index contributed by atoms with van der Waals surface area (Å²) in [6.07, 6.45) is 2.13. The van der Waals surface area contributed by atoms with Crippen molar-refractivity contribution in [1.82, 2.24) is 4.90 Å². The molecule has 0 bridgehead atoms. The first kappa shape index (κ1) is 25.6. The topological polar surface area (TPSA) is 6.48 Å². The Morgan fingerprint density at radius 3 is 1.74 bits per heavy atom. The molecule has 0 spiro atoms. The second kappa shape index (κ2) is 10.7. The van der Waals surface area contributed by atoms with Gasteiger partial charge in [-0.15, -0.1) is 0 Å². The largest absolute Gasteiger partial charge is 0.355 e. The molecule has 1 aliphatic rings. The van der Waals surface area contributed by atoms with Gasteiger partial charge in [0.05, 0.1) is 6.67 Å². The molecular formula is C29H48N2. The normalized spacial score (nSPS) is 16.0. The van der Waals surface area contributed by atoms with Crippen LogP contribution in [0.15, 0.2) is 42.1 Å². The van der Waals surface area contributed by atoms with Crippen molar-refractivity contribution in [2.45, 2.75) is 81.1 Å². The van der Waals surface area contributed by atoms with Crippen LogP contribution >= 0.6 is 0 Å². The van der Waals surface area contributed by atoms with Crippen LogP contribution < -0.4 is 4.90 Å². The maximum absolute atomic E-state index is 4.23. The molecule has 0 aliphatic carbocycles. The lowest BCUT2D eigenvalue weighted by Gasteiger charge is -2.37. The Kier molecular flexibility index (Phi) is 8.86. The van der Waals surface area contributed by atoms with Crippen LogP contribution in [0.4, 0.5) is 5.69 Å². The van der Waals surface area contributed by atoms with Crippen molar-refractivity contribution in [2.75, 3.05) is 24.7 Å². The van der Waals surface area contributed by atoms with Crippen LogP contribution in [0.1, 0.15) is 92.2 Å². The number of benzene rings is 1. The fraction of sp³-hybridized carbons (Fsp3) is 0.655. The molecule has 0 radical (unpaired) electrons. The second-order valence-electron chi connectivity index (χ2n) is 11.0. The Morgan fingerprint density at radius 1 is 0.839 bits per heavy atom. The minimum absolute atomic E-state index is 0.482. The summed E-state index contributed by atoms with van der Waals surface area (Å²) < 4.78 is 0. The van der Waals surface area contributed by atoms with Crippen LogP contribution in [-0.2, 0) is 0 Å². The van der Waals surface area contributed by atoms with Gasteiger partial charge in [0.25, 0.3) is 0 Å². The molecule has 1 aromatic rings. The first-order chi connectivity index (χ1) is 14.5. The Hall–Kier alpha value is -1.70. The van der Waals surface area contributed by atoms with Gasteiger partial charge in [-0.2, -0.15) is 0 Å². The van der Waals surface area contributed by atoms with Gasteiger partial charge in [-0.05, 0) is 46.3 Å². The molecule has 0 atom stereocenters. The molecule has 0 saturated carbocycles. The molecule has 2 heteroatoms. The lowest BCUT2D eigenvalue weighted by molar-refractivity contribution is 0.252. The third kappa shape index (κ3) is 5.57. The van der Waals surface area contributed by atoms with E-state index in [9.17, 15) is 0 Å². The maximum Gasteiger partial charge on any atom is 0.0902 e. The van der Waals surface area contributed by atoms with E-state index < -0.39 is 0 Å². The van der Waals surface area contributed by atoms with Crippen molar-refractivity contribution in [3.8, 4) is 0 Å². The van der Waals surface area contributed by atoms with Crippen molar-refractivity contribution in [3.05, 3.63) is 53.3 Å². The van der Waals surface area contributed by atoms with Gasteiger partial charge in [0.1, 0.15) is 0 Å². The molecule has 0 N–H and O–H groups in total. The van der Waals surface area contributed by atoms with E-state index in [2.05, 4.69) is 110 Å². The van der Waals surface area contributed by atoms with Crippen LogP contribution in [0.25, 0.3) is 0 Å². The van der Waals surface area contributed by atoms with Crippen molar-refractivity contribution >= 4 is 5.69 Å². The summed E-state index contributed by atoms with van der Waals surface area (Å²) in [6.45, 7) is 30.8. The molecule has 1 fully saturated rings. The molecule has 2 nitrogen and oxygen atoms in total. The summed E-state index contributed by atoms with van der Waals surface area (Å²) in [5, 5.41) is 0. The summed E-state index contributed by atoms with van der Waals surface area (Å²) >= 11 is 0. The SMILES string of the molecule is C=CC(=C(C(C(C)C)C(C)C)N1CCN(c2c(C(C)C)cccc2C(C)C)C1)C(C)C. The van der Waals surface area contributed by atoms with Gasteiger partial charge in [0.15, 0.2) is 0 Å². The van der Waals surface area contributed by atoms with E-state index in [1.807, 2.05) is 0 Å². The van der Waals surface area contributed by atoms with E-state index >= 15 is 0 Å². The Bertz CT molecular complexity index is 733. The predicted molar refractivity (Wildman–Crippen MR) is 139 cm³/mol. The number of hydrogen-bond acceptors (Lipinski definition) is 2. The summed E-state index contributed by atoms with van der Waals surface area (Å²) in [5.74, 6) is 3.28. The highest BCUT2D eigenvalue weighted by Crippen LogP contribution is 2.40. The molecule has 0 aromatic heterocycles. The van der Waals surface area contributed by atoms with Crippen molar-refractivity contribution in [2.24, 2.45) is 23.7 Å². The average Bonchev–Trinajstić information content (AvgIpc) is 3.15. The number of hydrogen-bond donors (Lipinski definition) is 0. The molecule has 1 saturated heterocycles. The highest BCUT2D eigenvalue weighted by atomic mass is 15.4. The Labute approximate surface area is 193 Å². The number of nitrogens with zero attached hydrogens (tertiary/aromatic N) is 2. The van der Waals surface area contributed by atoms with Crippen molar-refractivity contribution in [3.63, 3.8) is 0 Å². The van der Waals surface area contributed by atoms with Gasteiger partial charge in [-0.1, -0.05) is 100 Å². The molecule has 0 unspecified atom stereocenters.